The molecule has 0 atom stereocenters. The van der Waals surface area contributed by atoms with Crippen molar-refractivity contribution in [3.05, 3.63) is 12.2 Å². The van der Waals surface area contributed by atoms with Gasteiger partial charge in [-0.05, 0) is 0 Å². The number of hydrogen-bond donors (Lipinski definition) is 2. The van der Waals surface area contributed by atoms with Gasteiger partial charge in [-0.15, -0.1) is 0 Å². The number of amidine groups is 1. The van der Waals surface area contributed by atoms with E-state index in [0.29, 0.717) is 5.75 Å². The zero-order valence-corrected chi connectivity index (χ0v) is 5.61. The normalized spacial score (nSPS) is 9.22. The topological polar surface area (TPSA) is 73.7 Å². The highest BCUT2D eigenvalue weighted by atomic mass is 32.2. The van der Waals surface area contributed by atoms with Crippen LogP contribution in [0.4, 0.5) is 0 Å². The van der Waals surface area contributed by atoms with E-state index in [1.165, 1.54) is 17.8 Å². The minimum Gasteiger partial charge on any atom is -0.379 e. The van der Waals surface area contributed by atoms with Crippen molar-refractivity contribution >= 4 is 16.9 Å². The summed E-state index contributed by atoms with van der Waals surface area (Å²) in [6.07, 6.45) is 3.03. The third-order valence-corrected chi connectivity index (χ3v) is 1.20. The fraction of sp³-hybridized carbons (Fsp3) is 0.200. The molecule has 0 bridgehead atoms. The Hall–Kier alpha value is -0.950. The Kier molecular flexibility index (Phi) is 4.64. The number of hydrogen-bond acceptors (Lipinski definition) is 3. The molecule has 0 saturated carbocycles. The Morgan fingerprint density at radius 2 is 2.56 bits per heavy atom. The van der Waals surface area contributed by atoms with Crippen molar-refractivity contribution in [2.24, 2.45) is 5.73 Å². The molecule has 0 fully saturated rings. The van der Waals surface area contributed by atoms with Crippen LogP contribution in [-0.2, 0) is 0 Å². The minimum atomic E-state index is 0.0811. The Bertz CT molecular complexity index is 156. The predicted octanol–water partition coefficient (Wildman–Crippen LogP) is 0.693. The molecular formula is C5H7N3S. The van der Waals surface area contributed by atoms with Gasteiger partial charge in [-0.3, -0.25) is 5.41 Å². The van der Waals surface area contributed by atoms with Crippen LogP contribution in [0.3, 0.4) is 0 Å². The van der Waals surface area contributed by atoms with Crippen LogP contribution in [0.25, 0.3) is 0 Å². The van der Waals surface area contributed by atoms with Crippen molar-refractivity contribution < 1.29 is 0 Å². The number of rotatable bonds is 2. The highest BCUT2D eigenvalue weighted by Gasteiger charge is 1.83. The fourth-order valence-electron chi connectivity index (χ4n) is 0.239. The first-order valence-electron chi connectivity index (χ1n) is 2.29. The molecule has 0 aliphatic rings. The van der Waals surface area contributed by atoms with Gasteiger partial charge in [0.15, 0.2) is 5.17 Å². The molecular weight excluding hydrogens is 134 g/mol. The van der Waals surface area contributed by atoms with Gasteiger partial charge in [0.05, 0.1) is 6.07 Å². The molecule has 3 N–H and O–H groups in total. The minimum absolute atomic E-state index is 0.0811. The maximum atomic E-state index is 8.00. The van der Waals surface area contributed by atoms with E-state index in [1.54, 1.807) is 6.08 Å². The summed E-state index contributed by atoms with van der Waals surface area (Å²) in [5, 5.41) is 14.8. The largest absolute Gasteiger partial charge is 0.379 e. The Labute approximate surface area is 58.1 Å². The highest BCUT2D eigenvalue weighted by molar-refractivity contribution is 8.13. The molecule has 0 radical (unpaired) electrons. The van der Waals surface area contributed by atoms with Gasteiger partial charge >= 0.3 is 0 Å². The van der Waals surface area contributed by atoms with E-state index in [2.05, 4.69) is 0 Å². The predicted molar refractivity (Wildman–Crippen MR) is 39.1 cm³/mol. The third-order valence-electron chi connectivity index (χ3n) is 0.527. The third kappa shape index (κ3) is 7.05. The molecule has 0 saturated heterocycles. The zero-order valence-electron chi connectivity index (χ0n) is 4.79. The molecule has 3 nitrogen and oxygen atoms in total. The average Bonchev–Trinajstić information content (AvgIpc) is 1.80. The first-order valence-corrected chi connectivity index (χ1v) is 3.27. The van der Waals surface area contributed by atoms with Crippen LogP contribution in [0.5, 0.6) is 0 Å². The molecule has 0 rings (SSSR count). The summed E-state index contributed by atoms with van der Waals surface area (Å²) in [5.74, 6) is 0.600. The van der Waals surface area contributed by atoms with Crippen LogP contribution in [0.1, 0.15) is 0 Å². The van der Waals surface area contributed by atoms with E-state index in [4.69, 9.17) is 16.4 Å². The average molecular weight is 141 g/mol. The van der Waals surface area contributed by atoms with Gasteiger partial charge in [-0.2, -0.15) is 5.26 Å². The number of thioether (sulfide) groups is 1. The van der Waals surface area contributed by atoms with E-state index in [1.807, 2.05) is 6.07 Å². The van der Waals surface area contributed by atoms with Crippen LogP contribution < -0.4 is 5.73 Å². The van der Waals surface area contributed by atoms with Crippen LogP contribution in [0.15, 0.2) is 12.2 Å². The summed E-state index contributed by atoms with van der Waals surface area (Å²) in [4.78, 5) is 0. The molecule has 0 aliphatic heterocycles. The molecule has 0 heterocycles. The summed E-state index contributed by atoms with van der Waals surface area (Å²) < 4.78 is 0. The van der Waals surface area contributed by atoms with Gasteiger partial charge in [0.25, 0.3) is 0 Å². The monoisotopic (exact) mass is 141 g/mol. The number of nitrogens with zero attached hydrogens (tertiary/aromatic N) is 1. The Morgan fingerprint density at radius 3 is 3.00 bits per heavy atom. The summed E-state index contributed by atoms with van der Waals surface area (Å²) in [5.41, 5.74) is 5.00. The van der Waals surface area contributed by atoms with E-state index in [-0.39, 0.29) is 5.17 Å². The molecule has 0 aliphatic carbocycles. The first-order chi connectivity index (χ1) is 4.27. The second-order valence-corrected chi connectivity index (χ2v) is 2.27. The van der Waals surface area contributed by atoms with E-state index in [9.17, 15) is 0 Å². The molecule has 0 aromatic rings. The van der Waals surface area contributed by atoms with Crippen molar-refractivity contribution in [3.63, 3.8) is 0 Å². The molecule has 0 spiro atoms. The van der Waals surface area contributed by atoms with Gasteiger partial charge < -0.3 is 5.73 Å². The van der Waals surface area contributed by atoms with Crippen LogP contribution in [0.2, 0.25) is 0 Å². The highest BCUT2D eigenvalue weighted by Crippen LogP contribution is 1.96. The summed E-state index contributed by atoms with van der Waals surface area (Å²) in [6, 6.07) is 1.84. The van der Waals surface area contributed by atoms with Crippen LogP contribution >= 0.6 is 11.8 Å². The molecule has 0 amide bonds. The lowest BCUT2D eigenvalue weighted by atomic mass is 10.6. The Balaban J connectivity index is 3.22. The number of nitrogens with two attached hydrogens (primary N) is 1. The standard InChI is InChI=1S/C5H7N3S/c6-3-1-2-4-9-5(7)8/h1-2H,4H2,(H3,7,8)/b2-1+. The van der Waals surface area contributed by atoms with E-state index < -0.39 is 0 Å². The molecule has 0 aromatic carbocycles. The van der Waals surface area contributed by atoms with Gasteiger partial charge in [-0.25, -0.2) is 0 Å². The first kappa shape index (κ1) is 8.05. The molecule has 0 aromatic heterocycles. The smallest absolute Gasteiger partial charge is 0.151 e. The Morgan fingerprint density at radius 1 is 1.89 bits per heavy atom. The summed E-state index contributed by atoms with van der Waals surface area (Å²) in [7, 11) is 0. The zero-order chi connectivity index (χ0) is 7.11. The van der Waals surface area contributed by atoms with Crippen molar-refractivity contribution in [2.45, 2.75) is 0 Å². The molecule has 4 heteroatoms. The van der Waals surface area contributed by atoms with Crippen molar-refractivity contribution in [1.82, 2.24) is 0 Å². The molecule has 9 heavy (non-hydrogen) atoms. The lowest BCUT2D eigenvalue weighted by Crippen LogP contribution is -2.03. The fourth-order valence-corrected chi connectivity index (χ4v) is 0.611. The SMILES string of the molecule is N#C/C=C/CSC(=N)N. The lowest BCUT2D eigenvalue weighted by Gasteiger charge is -1.87. The number of nitrogens with one attached hydrogen (secondary N) is 1. The van der Waals surface area contributed by atoms with Crippen LogP contribution in [-0.4, -0.2) is 10.9 Å². The number of nitriles is 1. The van der Waals surface area contributed by atoms with Gasteiger partial charge in [0.1, 0.15) is 0 Å². The maximum absolute atomic E-state index is 8.00. The van der Waals surface area contributed by atoms with Crippen LogP contribution in [0, 0.1) is 16.7 Å². The van der Waals surface area contributed by atoms with Gasteiger partial charge in [0, 0.05) is 11.8 Å². The molecule has 48 valence electrons. The van der Waals surface area contributed by atoms with Crippen molar-refractivity contribution in [2.75, 3.05) is 5.75 Å². The second-order valence-electron chi connectivity index (χ2n) is 1.21. The number of allylic oxidation sites excluding steroid dienone is 1. The summed E-state index contributed by atoms with van der Waals surface area (Å²) in [6.45, 7) is 0. The second kappa shape index (κ2) is 5.19. The summed E-state index contributed by atoms with van der Waals surface area (Å²) >= 11 is 1.19. The van der Waals surface area contributed by atoms with Crippen molar-refractivity contribution in [3.8, 4) is 6.07 Å². The van der Waals surface area contributed by atoms with E-state index >= 15 is 0 Å². The van der Waals surface area contributed by atoms with Gasteiger partial charge in [-0.1, -0.05) is 17.8 Å². The van der Waals surface area contributed by atoms with E-state index in [0.717, 1.165) is 0 Å². The quantitative estimate of drug-likeness (QED) is 0.337. The van der Waals surface area contributed by atoms with Crippen molar-refractivity contribution in [1.29, 1.82) is 10.7 Å². The maximum Gasteiger partial charge on any atom is 0.151 e. The molecule has 0 unspecified atom stereocenters. The van der Waals surface area contributed by atoms with Gasteiger partial charge in [0.2, 0.25) is 0 Å². The lowest BCUT2D eigenvalue weighted by molar-refractivity contribution is 1.50.